The Morgan fingerprint density at radius 1 is 1.07 bits per heavy atom. The summed E-state index contributed by atoms with van der Waals surface area (Å²) >= 11 is 0. The van der Waals surface area contributed by atoms with Crippen molar-refractivity contribution in [2.45, 2.75) is 26.4 Å². The van der Waals surface area contributed by atoms with Crippen LogP contribution in [0.1, 0.15) is 24.5 Å². The predicted octanol–water partition coefficient (Wildman–Crippen LogP) is 5.30. The Bertz CT molecular complexity index is 1000. The molecule has 0 saturated heterocycles. The highest BCUT2D eigenvalue weighted by atomic mass is 16.5. The van der Waals surface area contributed by atoms with E-state index in [1.165, 1.54) is 5.56 Å². The summed E-state index contributed by atoms with van der Waals surface area (Å²) in [6, 6.07) is 16.3. The van der Waals surface area contributed by atoms with Gasteiger partial charge in [-0.1, -0.05) is 37.3 Å². The Kier molecular flexibility index (Phi) is 6.17. The summed E-state index contributed by atoms with van der Waals surface area (Å²) in [5.41, 5.74) is 5.20. The summed E-state index contributed by atoms with van der Waals surface area (Å²) in [6.07, 6.45) is 7.71. The summed E-state index contributed by atoms with van der Waals surface area (Å²) in [4.78, 5) is 9.09. The highest BCUT2D eigenvalue weighted by Crippen LogP contribution is 2.25. The largest absolute Gasteiger partial charge is 0.493 e. The van der Waals surface area contributed by atoms with Crippen LogP contribution in [0.5, 0.6) is 5.75 Å². The van der Waals surface area contributed by atoms with E-state index >= 15 is 0 Å². The monoisotopic (exact) mass is 387 g/mol. The van der Waals surface area contributed by atoms with Gasteiger partial charge in [0.05, 0.1) is 25.5 Å². The van der Waals surface area contributed by atoms with E-state index in [-0.39, 0.29) is 0 Å². The van der Waals surface area contributed by atoms with Crippen molar-refractivity contribution in [2.24, 2.45) is 0 Å². The van der Waals surface area contributed by atoms with Crippen molar-refractivity contribution in [1.29, 1.82) is 0 Å². The van der Waals surface area contributed by atoms with Crippen LogP contribution in [0.25, 0.3) is 11.3 Å². The van der Waals surface area contributed by atoms with Crippen LogP contribution in [0.2, 0.25) is 0 Å². The normalized spacial score (nSPS) is 15.3. The molecule has 0 saturated carbocycles. The minimum absolute atomic E-state index is 0.564. The summed E-state index contributed by atoms with van der Waals surface area (Å²) in [7, 11) is 0. The summed E-state index contributed by atoms with van der Waals surface area (Å²) in [6.45, 7) is 3.92. The summed E-state index contributed by atoms with van der Waals surface area (Å²) < 4.78 is 11.7. The average molecular weight is 387 g/mol. The van der Waals surface area contributed by atoms with Crippen molar-refractivity contribution in [3.63, 3.8) is 0 Å². The van der Waals surface area contributed by atoms with Crippen LogP contribution in [-0.4, -0.2) is 23.2 Å². The minimum atomic E-state index is 0.564. The van der Waals surface area contributed by atoms with E-state index in [9.17, 15) is 0 Å². The maximum atomic E-state index is 5.87. The van der Waals surface area contributed by atoms with Crippen molar-refractivity contribution in [3.05, 3.63) is 78.0 Å². The molecule has 0 radical (unpaired) electrons. The number of aryl methyl sites for hydroxylation is 1. The molecule has 29 heavy (non-hydrogen) atoms. The van der Waals surface area contributed by atoms with Gasteiger partial charge in [0.25, 0.3) is 0 Å². The lowest BCUT2D eigenvalue weighted by Gasteiger charge is -2.12. The SMILES string of the molecule is CCc1cc2cc(c1)Nc1nccc(n1)-c1cccc(c1)OCC/C=C/COC2. The third kappa shape index (κ3) is 5.21. The number of fused-ring (bicyclic) bond motifs is 7. The molecule has 148 valence electrons. The van der Waals surface area contributed by atoms with E-state index in [0.29, 0.717) is 25.8 Å². The average Bonchev–Trinajstić information content (AvgIpc) is 2.75. The first-order valence-corrected chi connectivity index (χ1v) is 9.99. The Hall–Kier alpha value is -3.18. The second kappa shape index (κ2) is 9.34. The van der Waals surface area contributed by atoms with E-state index in [2.05, 4.69) is 41.5 Å². The molecule has 1 aliphatic rings. The van der Waals surface area contributed by atoms with Gasteiger partial charge in [-0.2, -0.15) is 0 Å². The third-order valence-electron chi connectivity index (χ3n) is 4.71. The first-order valence-electron chi connectivity index (χ1n) is 9.99. The van der Waals surface area contributed by atoms with Crippen molar-refractivity contribution in [1.82, 2.24) is 9.97 Å². The number of hydrogen-bond acceptors (Lipinski definition) is 5. The topological polar surface area (TPSA) is 56.3 Å². The number of nitrogens with zero attached hydrogens (tertiary/aromatic N) is 2. The molecular formula is C24H25N3O2. The van der Waals surface area contributed by atoms with Gasteiger partial charge in [-0.25, -0.2) is 9.97 Å². The fourth-order valence-corrected chi connectivity index (χ4v) is 3.25. The second-order valence-electron chi connectivity index (χ2n) is 6.93. The van der Waals surface area contributed by atoms with Crippen molar-refractivity contribution < 1.29 is 9.47 Å². The molecule has 3 aromatic rings. The Morgan fingerprint density at radius 2 is 2.03 bits per heavy atom. The molecule has 0 unspecified atom stereocenters. The number of anilines is 2. The van der Waals surface area contributed by atoms with Gasteiger partial charge in [0.2, 0.25) is 5.95 Å². The van der Waals surface area contributed by atoms with E-state index in [0.717, 1.165) is 41.1 Å². The molecule has 1 aliphatic heterocycles. The first kappa shape index (κ1) is 19.2. The molecule has 0 atom stereocenters. The maximum absolute atomic E-state index is 5.87. The zero-order valence-electron chi connectivity index (χ0n) is 16.6. The molecule has 0 amide bonds. The van der Waals surface area contributed by atoms with Gasteiger partial charge in [-0.05, 0) is 54.3 Å². The lowest BCUT2D eigenvalue weighted by Crippen LogP contribution is -2.01. The molecule has 1 N–H and O–H groups in total. The van der Waals surface area contributed by atoms with Crippen LogP contribution in [0.15, 0.2) is 66.9 Å². The molecule has 5 nitrogen and oxygen atoms in total. The first-order chi connectivity index (χ1) is 14.3. The van der Waals surface area contributed by atoms with E-state index in [4.69, 9.17) is 14.5 Å². The molecule has 6 bridgehead atoms. The second-order valence-corrected chi connectivity index (χ2v) is 6.93. The molecule has 1 aromatic heterocycles. The van der Waals surface area contributed by atoms with Crippen LogP contribution >= 0.6 is 0 Å². The number of benzene rings is 2. The lowest BCUT2D eigenvalue weighted by atomic mass is 10.1. The van der Waals surface area contributed by atoms with Gasteiger partial charge in [0.1, 0.15) is 5.75 Å². The maximum Gasteiger partial charge on any atom is 0.227 e. The standard InChI is InChI=1S/C24H25N3O2/c1-2-18-13-19-15-21(14-18)26-24-25-10-9-23(27-24)20-7-6-8-22(16-20)29-12-5-3-4-11-28-17-19/h3-4,6-10,13-16H,2,5,11-12,17H2,1H3,(H,25,26,27)/b4-3+. The molecule has 0 aliphatic carbocycles. The van der Waals surface area contributed by atoms with Gasteiger partial charge >= 0.3 is 0 Å². The summed E-state index contributed by atoms with van der Waals surface area (Å²) in [5.74, 6) is 1.40. The lowest BCUT2D eigenvalue weighted by molar-refractivity contribution is 0.148. The third-order valence-corrected chi connectivity index (χ3v) is 4.71. The van der Waals surface area contributed by atoms with Crippen LogP contribution in [-0.2, 0) is 17.8 Å². The van der Waals surface area contributed by atoms with Gasteiger partial charge < -0.3 is 14.8 Å². The molecule has 2 aromatic carbocycles. The Labute approximate surface area is 171 Å². The molecule has 2 heterocycles. The van der Waals surface area contributed by atoms with Crippen molar-refractivity contribution in [2.75, 3.05) is 18.5 Å². The molecule has 4 rings (SSSR count). The number of rotatable bonds is 1. The molecule has 5 heteroatoms. The Morgan fingerprint density at radius 3 is 2.97 bits per heavy atom. The van der Waals surface area contributed by atoms with Crippen molar-refractivity contribution >= 4 is 11.6 Å². The quantitative estimate of drug-likeness (QED) is 0.574. The van der Waals surface area contributed by atoms with E-state index < -0.39 is 0 Å². The van der Waals surface area contributed by atoms with Gasteiger partial charge in [0, 0.05) is 17.4 Å². The van der Waals surface area contributed by atoms with Gasteiger partial charge in [-0.3, -0.25) is 0 Å². The fraction of sp³-hybridized carbons (Fsp3) is 0.250. The highest BCUT2D eigenvalue weighted by molar-refractivity contribution is 5.64. The van der Waals surface area contributed by atoms with E-state index in [1.54, 1.807) is 6.20 Å². The number of ether oxygens (including phenoxy) is 2. The zero-order valence-corrected chi connectivity index (χ0v) is 16.6. The minimum Gasteiger partial charge on any atom is -0.493 e. The van der Waals surface area contributed by atoms with Crippen LogP contribution in [0.4, 0.5) is 11.6 Å². The van der Waals surface area contributed by atoms with Crippen LogP contribution < -0.4 is 10.1 Å². The van der Waals surface area contributed by atoms with Crippen LogP contribution in [0, 0.1) is 0 Å². The van der Waals surface area contributed by atoms with E-state index in [1.807, 2.05) is 36.4 Å². The smallest absolute Gasteiger partial charge is 0.227 e. The summed E-state index contributed by atoms with van der Waals surface area (Å²) in [5, 5.41) is 3.35. The van der Waals surface area contributed by atoms with Crippen LogP contribution in [0.3, 0.4) is 0 Å². The highest BCUT2D eigenvalue weighted by Gasteiger charge is 2.07. The number of hydrogen-bond donors (Lipinski definition) is 1. The molecular weight excluding hydrogens is 362 g/mol. The zero-order chi connectivity index (χ0) is 19.9. The van der Waals surface area contributed by atoms with Gasteiger partial charge in [0.15, 0.2) is 0 Å². The number of aromatic nitrogens is 2. The Balaban J connectivity index is 1.69. The fourth-order valence-electron chi connectivity index (χ4n) is 3.25. The molecule has 0 spiro atoms. The molecule has 0 fully saturated rings. The van der Waals surface area contributed by atoms with Gasteiger partial charge in [-0.15, -0.1) is 0 Å². The van der Waals surface area contributed by atoms with Crippen molar-refractivity contribution in [3.8, 4) is 17.0 Å². The predicted molar refractivity (Wildman–Crippen MR) is 115 cm³/mol. The number of nitrogens with one attached hydrogen (secondary N) is 1.